The summed E-state index contributed by atoms with van der Waals surface area (Å²) >= 11 is 0. The molecule has 0 aromatic heterocycles. The first-order valence-electron chi connectivity index (χ1n) is 4.46. The lowest BCUT2D eigenvalue weighted by Gasteiger charge is -2.39. The molecule has 1 aliphatic rings. The Morgan fingerprint density at radius 3 is 2.21 bits per heavy atom. The molecule has 0 unspecified atom stereocenters. The van der Waals surface area contributed by atoms with Crippen molar-refractivity contribution in [1.82, 2.24) is 0 Å². The second-order valence-corrected chi connectivity index (χ2v) is 3.09. The molecule has 14 heavy (non-hydrogen) atoms. The summed E-state index contributed by atoms with van der Waals surface area (Å²) in [5, 5.41) is 9.04. The fourth-order valence-corrected chi connectivity index (χ4v) is 1.62. The predicted molar refractivity (Wildman–Crippen MR) is 48.6 cm³/mol. The minimum atomic E-state index is -0.392. The fourth-order valence-electron chi connectivity index (χ4n) is 1.62. The molecule has 1 rings (SSSR count). The van der Waals surface area contributed by atoms with Crippen LogP contribution in [0, 0.1) is 6.61 Å². The van der Waals surface area contributed by atoms with Crippen LogP contribution in [0.5, 0.6) is 0 Å². The van der Waals surface area contributed by atoms with Crippen molar-refractivity contribution in [2.45, 2.75) is 24.4 Å². The molecule has 0 aromatic rings. The Labute approximate surface area is 83.9 Å². The van der Waals surface area contributed by atoms with Crippen LogP contribution in [0.25, 0.3) is 0 Å². The molecule has 0 bridgehead atoms. The highest BCUT2D eigenvalue weighted by molar-refractivity contribution is 4.94. The monoisotopic (exact) mass is 205 g/mol. The van der Waals surface area contributed by atoms with E-state index in [0.29, 0.717) is 0 Å². The third kappa shape index (κ3) is 2.24. The normalized spacial score (nSPS) is 38.6. The highest BCUT2D eigenvalue weighted by Crippen LogP contribution is 2.24. The third-order valence-corrected chi connectivity index (χ3v) is 2.40. The third-order valence-electron chi connectivity index (χ3n) is 2.40. The summed E-state index contributed by atoms with van der Waals surface area (Å²) in [6.07, 6.45) is -1.24. The minimum Gasteiger partial charge on any atom is -0.394 e. The molecular formula is C9H17O5. The fraction of sp³-hybridized carbons (Fsp3) is 0.889. The molecule has 0 spiro atoms. The van der Waals surface area contributed by atoms with Crippen molar-refractivity contribution in [2.24, 2.45) is 0 Å². The zero-order valence-corrected chi connectivity index (χ0v) is 8.67. The Kier molecular flexibility index (Phi) is 4.77. The first-order chi connectivity index (χ1) is 6.78. The smallest absolute Gasteiger partial charge is 0.116 e. The summed E-state index contributed by atoms with van der Waals surface area (Å²) in [5.74, 6) is 0. The van der Waals surface area contributed by atoms with E-state index in [9.17, 15) is 0 Å². The van der Waals surface area contributed by atoms with E-state index in [2.05, 4.69) is 0 Å². The van der Waals surface area contributed by atoms with Crippen molar-refractivity contribution < 1.29 is 24.1 Å². The average Bonchev–Trinajstić information content (AvgIpc) is 2.26. The molecule has 4 atom stereocenters. The molecule has 0 aromatic carbocycles. The lowest BCUT2D eigenvalue weighted by atomic mass is 10.00. The predicted octanol–water partition coefficient (Wildman–Crippen LogP) is -0.416. The van der Waals surface area contributed by atoms with Gasteiger partial charge in [-0.25, -0.2) is 0 Å². The Balaban J connectivity index is 2.67. The minimum absolute atomic E-state index is 0.106. The number of aliphatic hydroxyl groups is 1. The van der Waals surface area contributed by atoms with E-state index >= 15 is 0 Å². The van der Waals surface area contributed by atoms with Gasteiger partial charge in [-0.05, 0) is 0 Å². The van der Waals surface area contributed by atoms with Crippen LogP contribution in [0.15, 0.2) is 0 Å². The van der Waals surface area contributed by atoms with E-state index in [1.165, 1.54) is 6.61 Å². The average molecular weight is 205 g/mol. The van der Waals surface area contributed by atoms with Crippen LogP contribution in [-0.2, 0) is 18.9 Å². The van der Waals surface area contributed by atoms with Crippen LogP contribution >= 0.6 is 0 Å². The molecule has 5 nitrogen and oxygen atoms in total. The van der Waals surface area contributed by atoms with E-state index < -0.39 is 6.10 Å². The van der Waals surface area contributed by atoms with E-state index in [-0.39, 0.29) is 24.9 Å². The van der Waals surface area contributed by atoms with Crippen LogP contribution in [-0.4, -0.2) is 57.5 Å². The maximum Gasteiger partial charge on any atom is 0.116 e. The molecule has 0 amide bonds. The van der Waals surface area contributed by atoms with Gasteiger partial charge in [-0.3, -0.25) is 0 Å². The van der Waals surface area contributed by atoms with Crippen molar-refractivity contribution in [3.8, 4) is 0 Å². The summed E-state index contributed by atoms with van der Waals surface area (Å²) in [4.78, 5) is 0. The zero-order chi connectivity index (χ0) is 10.6. The summed E-state index contributed by atoms with van der Waals surface area (Å²) in [6, 6.07) is 0. The Morgan fingerprint density at radius 2 is 1.79 bits per heavy atom. The molecule has 0 aliphatic carbocycles. The Hall–Kier alpha value is -0.200. The molecule has 1 saturated heterocycles. The molecule has 83 valence electrons. The van der Waals surface area contributed by atoms with E-state index in [1.807, 2.05) is 0 Å². The van der Waals surface area contributed by atoms with Gasteiger partial charge in [0.1, 0.15) is 31.0 Å². The number of ether oxygens (including phenoxy) is 4. The van der Waals surface area contributed by atoms with Gasteiger partial charge in [-0.2, -0.15) is 0 Å². The summed E-state index contributed by atoms with van der Waals surface area (Å²) in [5.41, 5.74) is 0. The van der Waals surface area contributed by atoms with Gasteiger partial charge in [0, 0.05) is 21.3 Å². The quantitative estimate of drug-likeness (QED) is 0.675. The second-order valence-electron chi connectivity index (χ2n) is 3.09. The van der Waals surface area contributed by atoms with Gasteiger partial charge >= 0.3 is 0 Å². The molecule has 1 aliphatic heterocycles. The van der Waals surface area contributed by atoms with E-state index in [0.717, 1.165) is 0 Å². The largest absolute Gasteiger partial charge is 0.394 e. The lowest BCUT2D eigenvalue weighted by Crippen LogP contribution is -2.54. The molecule has 1 radical (unpaired) electrons. The van der Waals surface area contributed by atoms with Crippen LogP contribution in [0.3, 0.4) is 0 Å². The first-order valence-corrected chi connectivity index (χ1v) is 4.46. The topological polar surface area (TPSA) is 57.2 Å². The first kappa shape index (κ1) is 11.9. The molecule has 5 heteroatoms. The number of rotatable bonds is 4. The zero-order valence-electron chi connectivity index (χ0n) is 8.67. The number of hydrogen-bond acceptors (Lipinski definition) is 5. The van der Waals surface area contributed by atoms with E-state index in [1.54, 1.807) is 21.3 Å². The second kappa shape index (κ2) is 5.63. The van der Waals surface area contributed by atoms with Crippen LogP contribution < -0.4 is 0 Å². The lowest BCUT2D eigenvalue weighted by molar-refractivity contribution is -0.195. The van der Waals surface area contributed by atoms with E-state index in [4.69, 9.17) is 24.1 Å². The standard InChI is InChI=1S/C9H17O5/c1-11-7-5-14-6(4-10)8(12-2)9(7)13-3/h5-10H,4H2,1-3H3/t6-,7+,8-,9-/m1/s1. The molecule has 1 heterocycles. The number of aliphatic hydroxyl groups excluding tert-OH is 1. The van der Waals surface area contributed by atoms with Crippen molar-refractivity contribution in [1.29, 1.82) is 0 Å². The molecule has 0 saturated carbocycles. The Bertz CT molecular complexity index is 145. The summed E-state index contributed by atoms with van der Waals surface area (Å²) < 4.78 is 20.9. The van der Waals surface area contributed by atoms with Gasteiger partial charge in [-0.1, -0.05) is 0 Å². The SMILES string of the molecule is CO[C@H]1[C@H](OC)[C@@H](CO)O[CH][C@@H]1OC. The van der Waals surface area contributed by atoms with Gasteiger partial charge in [-0.15, -0.1) is 0 Å². The highest BCUT2D eigenvalue weighted by atomic mass is 16.6. The van der Waals surface area contributed by atoms with Crippen LogP contribution in [0.2, 0.25) is 0 Å². The van der Waals surface area contributed by atoms with Crippen LogP contribution in [0.4, 0.5) is 0 Å². The van der Waals surface area contributed by atoms with Crippen LogP contribution in [0.1, 0.15) is 0 Å². The maximum atomic E-state index is 9.04. The van der Waals surface area contributed by atoms with Gasteiger partial charge in [0.25, 0.3) is 0 Å². The molecule has 1 N–H and O–H groups in total. The van der Waals surface area contributed by atoms with Gasteiger partial charge in [0.05, 0.1) is 6.61 Å². The van der Waals surface area contributed by atoms with Gasteiger partial charge < -0.3 is 24.1 Å². The van der Waals surface area contributed by atoms with Crippen molar-refractivity contribution in [3.63, 3.8) is 0 Å². The highest BCUT2D eigenvalue weighted by Gasteiger charge is 2.41. The molecular weight excluding hydrogens is 188 g/mol. The van der Waals surface area contributed by atoms with Crippen molar-refractivity contribution in [3.05, 3.63) is 6.61 Å². The van der Waals surface area contributed by atoms with Crippen molar-refractivity contribution in [2.75, 3.05) is 27.9 Å². The molecule has 1 fully saturated rings. The van der Waals surface area contributed by atoms with Crippen molar-refractivity contribution >= 4 is 0 Å². The number of methoxy groups -OCH3 is 3. The maximum absolute atomic E-state index is 9.04. The Morgan fingerprint density at radius 1 is 1.14 bits per heavy atom. The summed E-state index contributed by atoms with van der Waals surface area (Å²) in [7, 11) is 4.71. The summed E-state index contributed by atoms with van der Waals surface area (Å²) in [6.45, 7) is 1.43. The number of hydrogen-bond donors (Lipinski definition) is 1. The van der Waals surface area contributed by atoms with Gasteiger partial charge in [0.2, 0.25) is 0 Å². The van der Waals surface area contributed by atoms with Gasteiger partial charge in [0.15, 0.2) is 0 Å².